The number of nitrogens with two attached hydrogens (primary N) is 1. The average molecular weight is 187 g/mol. The van der Waals surface area contributed by atoms with E-state index in [1.807, 2.05) is 0 Å². The molecule has 0 bridgehead atoms. The predicted octanol–water partition coefficient (Wildman–Crippen LogP) is 1.51. The fourth-order valence-electron chi connectivity index (χ4n) is 1.11. The smallest absolute Gasteiger partial charge is 0.176 e. The van der Waals surface area contributed by atoms with Crippen molar-refractivity contribution in [3.63, 3.8) is 0 Å². The largest absolute Gasteiger partial charge is 0.397 e. The highest BCUT2D eigenvalue weighted by molar-refractivity contribution is 6.17. The molecule has 0 aromatic carbocycles. The number of alkyl halides is 1. The number of Topliss-reactive ketones (excluding diaryl/α,β-unsaturated/α-hetero) is 1. The molecule has 1 heterocycles. The minimum atomic E-state index is 0.0109. The number of aryl methyl sites for hydroxylation is 1. The number of hydrogen-bond acceptors (Lipinski definition) is 2. The summed E-state index contributed by atoms with van der Waals surface area (Å²) in [6.45, 7) is 2.13. The summed E-state index contributed by atoms with van der Waals surface area (Å²) in [4.78, 5) is 11.0. The lowest BCUT2D eigenvalue weighted by Crippen LogP contribution is -2.06. The monoisotopic (exact) mass is 186 g/mol. The first kappa shape index (κ1) is 9.13. The van der Waals surface area contributed by atoms with Gasteiger partial charge in [-0.1, -0.05) is 0 Å². The summed E-state index contributed by atoms with van der Waals surface area (Å²) in [6, 6.07) is 1.66. The Hall–Kier alpha value is -0.960. The van der Waals surface area contributed by atoms with Crippen molar-refractivity contribution in [3.8, 4) is 0 Å². The van der Waals surface area contributed by atoms with Gasteiger partial charge in [0.1, 0.15) is 0 Å². The number of hydrogen-bond donors (Lipinski definition) is 1. The highest BCUT2D eigenvalue weighted by Gasteiger charge is 2.07. The van der Waals surface area contributed by atoms with E-state index in [-0.39, 0.29) is 5.78 Å². The summed E-state index contributed by atoms with van der Waals surface area (Å²) in [5.41, 5.74) is 6.75. The molecule has 3 nitrogen and oxygen atoms in total. The highest BCUT2D eigenvalue weighted by Crippen LogP contribution is 2.11. The van der Waals surface area contributed by atoms with Gasteiger partial charge in [-0.2, -0.15) is 0 Å². The van der Waals surface area contributed by atoms with E-state index in [2.05, 4.69) is 0 Å². The quantitative estimate of drug-likeness (QED) is 0.575. The van der Waals surface area contributed by atoms with Gasteiger partial charge in [0.2, 0.25) is 0 Å². The van der Waals surface area contributed by atoms with Crippen LogP contribution in [0.1, 0.15) is 17.4 Å². The lowest BCUT2D eigenvalue weighted by atomic mass is 10.3. The second-order valence-electron chi connectivity index (χ2n) is 2.60. The van der Waals surface area contributed by atoms with Gasteiger partial charge in [0.25, 0.3) is 0 Å². The van der Waals surface area contributed by atoms with Crippen LogP contribution in [0.25, 0.3) is 0 Å². The Balaban J connectivity index is 2.99. The topological polar surface area (TPSA) is 48.0 Å². The van der Waals surface area contributed by atoms with E-state index in [0.29, 0.717) is 23.8 Å². The minimum Gasteiger partial charge on any atom is -0.397 e. The van der Waals surface area contributed by atoms with Gasteiger partial charge in [-0.25, -0.2) is 0 Å². The van der Waals surface area contributed by atoms with Crippen LogP contribution >= 0.6 is 11.6 Å². The molecule has 0 amide bonds. The van der Waals surface area contributed by atoms with Crippen molar-refractivity contribution in [2.45, 2.75) is 13.5 Å². The summed E-state index contributed by atoms with van der Waals surface area (Å²) < 4.78 is 1.77. The third kappa shape index (κ3) is 1.80. The Morgan fingerprint density at radius 1 is 1.75 bits per heavy atom. The summed E-state index contributed by atoms with van der Waals surface area (Å²) in [5, 5.41) is 0. The van der Waals surface area contributed by atoms with Crippen molar-refractivity contribution in [1.82, 2.24) is 4.57 Å². The molecule has 2 N–H and O–H groups in total. The van der Waals surface area contributed by atoms with Crippen LogP contribution in [0.2, 0.25) is 0 Å². The van der Waals surface area contributed by atoms with Crippen molar-refractivity contribution in [2.75, 3.05) is 11.6 Å². The Kier molecular flexibility index (Phi) is 2.76. The van der Waals surface area contributed by atoms with E-state index >= 15 is 0 Å². The van der Waals surface area contributed by atoms with Crippen LogP contribution in [-0.4, -0.2) is 16.2 Å². The summed E-state index contributed by atoms with van der Waals surface area (Å²) in [5.74, 6) is 0.491. The van der Waals surface area contributed by atoms with Crippen LogP contribution in [-0.2, 0) is 6.54 Å². The van der Waals surface area contributed by atoms with Gasteiger partial charge >= 0.3 is 0 Å². The molecule has 4 heteroatoms. The fourth-order valence-corrected chi connectivity index (χ4v) is 1.29. The number of nitrogens with zero attached hydrogens (tertiary/aromatic N) is 1. The third-order valence-corrected chi connectivity index (χ3v) is 1.77. The number of rotatable bonds is 3. The van der Waals surface area contributed by atoms with Gasteiger partial charge in [-0.3, -0.25) is 4.79 Å². The van der Waals surface area contributed by atoms with Crippen LogP contribution in [0, 0.1) is 0 Å². The van der Waals surface area contributed by atoms with Gasteiger partial charge in [0.05, 0.1) is 11.4 Å². The zero-order chi connectivity index (χ0) is 9.14. The lowest BCUT2D eigenvalue weighted by molar-refractivity contribution is 0.100. The van der Waals surface area contributed by atoms with Crippen molar-refractivity contribution >= 4 is 23.1 Å². The van der Waals surface area contributed by atoms with E-state index in [9.17, 15) is 4.79 Å². The molecule has 0 fully saturated rings. The predicted molar refractivity (Wildman–Crippen MR) is 49.6 cm³/mol. The summed E-state index contributed by atoms with van der Waals surface area (Å²) in [7, 11) is 0. The molecule has 1 aromatic heterocycles. The SMILES string of the molecule is CC(=O)c1cc(N)cn1CCCl. The first-order valence-corrected chi connectivity index (χ1v) is 4.21. The molecule has 0 aliphatic heterocycles. The van der Waals surface area contributed by atoms with Crippen LogP contribution in [0.5, 0.6) is 0 Å². The van der Waals surface area contributed by atoms with E-state index < -0.39 is 0 Å². The van der Waals surface area contributed by atoms with E-state index in [1.165, 1.54) is 6.92 Å². The number of ketones is 1. The molecule has 0 saturated carbocycles. The van der Waals surface area contributed by atoms with Gasteiger partial charge in [0.15, 0.2) is 5.78 Å². The standard InChI is InChI=1S/C8H11ClN2O/c1-6(12)8-4-7(10)5-11(8)3-2-9/h4-5H,2-3,10H2,1H3. The maximum atomic E-state index is 11.0. The normalized spacial score (nSPS) is 10.2. The fraction of sp³-hybridized carbons (Fsp3) is 0.375. The average Bonchev–Trinajstić information content (AvgIpc) is 2.32. The molecule has 0 aliphatic carbocycles. The Morgan fingerprint density at radius 3 is 2.92 bits per heavy atom. The van der Waals surface area contributed by atoms with Crippen molar-refractivity contribution < 1.29 is 4.79 Å². The zero-order valence-corrected chi connectivity index (χ0v) is 7.64. The number of aromatic nitrogens is 1. The summed E-state index contributed by atoms with van der Waals surface area (Å²) >= 11 is 5.55. The van der Waals surface area contributed by atoms with Gasteiger partial charge in [-0.05, 0) is 6.07 Å². The molecule has 0 saturated heterocycles. The molecule has 66 valence electrons. The Morgan fingerprint density at radius 2 is 2.42 bits per heavy atom. The van der Waals surface area contributed by atoms with Crippen LogP contribution in [0.3, 0.4) is 0 Å². The van der Waals surface area contributed by atoms with Gasteiger partial charge < -0.3 is 10.3 Å². The third-order valence-electron chi connectivity index (χ3n) is 1.60. The van der Waals surface area contributed by atoms with Crippen LogP contribution in [0.15, 0.2) is 12.3 Å². The van der Waals surface area contributed by atoms with Crippen molar-refractivity contribution in [2.24, 2.45) is 0 Å². The number of halogens is 1. The second kappa shape index (κ2) is 3.63. The van der Waals surface area contributed by atoms with E-state index in [1.54, 1.807) is 16.8 Å². The number of anilines is 1. The minimum absolute atomic E-state index is 0.0109. The molecule has 0 spiro atoms. The second-order valence-corrected chi connectivity index (χ2v) is 2.98. The zero-order valence-electron chi connectivity index (χ0n) is 6.88. The molecule has 12 heavy (non-hydrogen) atoms. The molecular weight excluding hydrogens is 176 g/mol. The van der Waals surface area contributed by atoms with Crippen LogP contribution < -0.4 is 5.73 Å². The molecule has 0 radical (unpaired) electrons. The first-order chi connectivity index (χ1) is 5.65. The number of nitrogen functional groups attached to an aromatic ring is 1. The maximum Gasteiger partial charge on any atom is 0.176 e. The first-order valence-electron chi connectivity index (χ1n) is 3.67. The maximum absolute atomic E-state index is 11.0. The van der Waals surface area contributed by atoms with Crippen molar-refractivity contribution in [3.05, 3.63) is 18.0 Å². The molecule has 1 rings (SSSR count). The van der Waals surface area contributed by atoms with Gasteiger partial charge in [0, 0.05) is 25.5 Å². The molecule has 1 aromatic rings. The molecule has 0 unspecified atom stereocenters. The highest BCUT2D eigenvalue weighted by atomic mass is 35.5. The van der Waals surface area contributed by atoms with E-state index in [4.69, 9.17) is 17.3 Å². The molecule has 0 atom stereocenters. The summed E-state index contributed by atoms with van der Waals surface area (Å²) in [6.07, 6.45) is 1.72. The molecule has 0 aliphatic rings. The van der Waals surface area contributed by atoms with Crippen molar-refractivity contribution in [1.29, 1.82) is 0 Å². The van der Waals surface area contributed by atoms with Gasteiger partial charge in [-0.15, -0.1) is 11.6 Å². The van der Waals surface area contributed by atoms with Crippen LogP contribution in [0.4, 0.5) is 5.69 Å². The molecular formula is C8H11ClN2O. The Labute approximate surface area is 76.1 Å². The number of carbonyl (C=O) groups is 1. The Bertz CT molecular complexity index is 293. The lowest BCUT2D eigenvalue weighted by Gasteiger charge is -2.02. The number of carbonyl (C=O) groups excluding carboxylic acids is 1. The van der Waals surface area contributed by atoms with E-state index in [0.717, 1.165) is 0 Å².